The molecule has 0 radical (unpaired) electrons. The molecule has 0 spiro atoms. The van der Waals surface area contributed by atoms with E-state index in [4.69, 9.17) is 16.0 Å². The molecule has 0 bridgehead atoms. The molecule has 0 aliphatic rings. The maximum atomic E-state index is 12.3. The predicted octanol–water partition coefficient (Wildman–Crippen LogP) is 3.92. The molecular weight excluding hydrogens is 312 g/mol. The van der Waals surface area contributed by atoms with E-state index in [-0.39, 0.29) is 11.9 Å². The number of halogens is 1. The van der Waals surface area contributed by atoms with Gasteiger partial charge in [-0.15, -0.1) is 0 Å². The Morgan fingerprint density at radius 1 is 1.22 bits per heavy atom. The molecular formula is C18H23ClN2O2. The molecule has 1 aromatic carbocycles. The molecule has 0 unspecified atom stereocenters. The van der Waals surface area contributed by atoms with Gasteiger partial charge in [-0.1, -0.05) is 37.6 Å². The molecule has 2 rings (SSSR count). The Labute approximate surface area is 142 Å². The first kappa shape index (κ1) is 17.6. The van der Waals surface area contributed by atoms with Crippen molar-refractivity contribution >= 4 is 17.5 Å². The van der Waals surface area contributed by atoms with Crippen molar-refractivity contribution in [3.63, 3.8) is 0 Å². The van der Waals surface area contributed by atoms with Crippen LogP contribution in [0.5, 0.6) is 0 Å². The van der Waals surface area contributed by atoms with E-state index in [1.54, 1.807) is 18.2 Å². The number of nitrogens with one attached hydrogen (secondary N) is 1. The van der Waals surface area contributed by atoms with Crippen molar-refractivity contribution in [1.82, 2.24) is 10.2 Å². The van der Waals surface area contributed by atoms with E-state index < -0.39 is 0 Å². The highest BCUT2D eigenvalue weighted by molar-refractivity contribution is 6.33. The van der Waals surface area contributed by atoms with Gasteiger partial charge in [-0.25, -0.2) is 0 Å². The number of hydrogen-bond donors (Lipinski definition) is 1. The molecule has 5 heteroatoms. The SMILES string of the molecule is CC(C)[C@H](CNC(=O)c1ccc(-c2ccccc2Cl)o1)N(C)C. The van der Waals surface area contributed by atoms with Crippen LogP contribution in [0.2, 0.25) is 5.02 Å². The van der Waals surface area contributed by atoms with Crippen molar-refractivity contribution in [3.05, 3.63) is 47.2 Å². The second kappa shape index (κ2) is 7.66. The van der Waals surface area contributed by atoms with E-state index in [2.05, 4.69) is 24.1 Å². The van der Waals surface area contributed by atoms with E-state index in [0.717, 1.165) is 5.56 Å². The highest BCUT2D eigenvalue weighted by atomic mass is 35.5. The molecule has 1 N–H and O–H groups in total. The van der Waals surface area contributed by atoms with Crippen LogP contribution < -0.4 is 5.32 Å². The summed E-state index contributed by atoms with van der Waals surface area (Å²) >= 11 is 6.15. The summed E-state index contributed by atoms with van der Waals surface area (Å²) in [6.45, 7) is 4.85. The molecule has 2 aromatic rings. The van der Waals surface area contributed by atoms with Gasteiger partial charge in [0.2, 0.25) is 0 Å². The zero-order valence-electron chi connectivity index (χ0n) is 14.0. The van der Waals surface area contributed by atoms with Crippen LogP contribution in [0, 0.1) is 5.92 Å². The second-order valence-electron chi connectivity index (χ2n) is 6.13. The van der Waals surface area contributed by atoms with Gasteiger partial charge in [0, 0.05) is 18.2 Å². The number of carbonyl (C=O) groups excluding carboxylic acids is 1. The Balaban J connectivity index is 2.06. The summed E-state index contributed by atoms with van der Waals surface area (Å²) in [6.07, 6.45) is 0. The van der Waals surface area contributed by atoms with Crippen LogP contribution in [0.1, 0.15) is 24.4 Å². The third-order valence-electron chi connectivity index (χ3n) is 3.87. The molecule has 1 amide bonds. The van der Waals surface area contributed by atoms with Crippen LogP contribution in [0.15, 0.2) is 40.8 Å². The maximum absolute atomic E-state index is 12.3. The highest BCUT2D eigenvalue weighted by Crippen LogP contribution is 2.28. The number of carbonyl (C=O) groups is 1. The Hall–Kier alpha value is -1.78. The molecule has 4 nitrogen and oxygen atoms in total. The standard InChI is InChI=1S/C18H23ClN2O2/c1-12(2)15(21(3)4)11-20-18(22)17-10-9-16(23-17)13-7-5-6-8-14(13)19/h5-10,12,15H,11H2,1-4H3,(H,20,22)/t15-/m0/s1. The summed E-state index contributed by atoms with van der Waals surface area (Å²) in [5, 5.41) is 3.53. The van der Waals surface area contributed by atoms with Gasteiger partial charge in [0.1, 0.15) is 5.76 Å². The number of furan rings is 1. The van der Waals surface area contributed by atoms with E-state index in [0.29, 0.717) is 29.0 Å². The molecule has 124 valence electrons. The second-order valence-corrected chi connectivity index (χ2v) is 6.54. The highest BCUT2D eigenvalue weighted by Gasteiger charge is 2.19. The van der Waals surface area contributed by atoms with E-state index in [9.17, 15) is 4.79 Å². The van der Waals surface area contributed by atoms with Crippen LogP contribution in [0.4, 0.5) is 0 Å². The number of amides is 1. The van der Waals surface area contributed by atoms with Crippen molar-refractivity contribution in [2.24, 2.45) is 5.92 Å². The van der Waals surface area contributed by atoms with Crippen LogP contribution in [0.25, 0.3) is 11.3 Å². The number of rotatable bonds is 6. The van der Waals surface area contributed by atoms with Crippen molar-refractivity contribution in [2.45, 2.75) is 19.9 Å². The zero-order chi connectivity index (χ0) is 17.0. The average molecular weight is 335 g/mol. The minimum Gasteiger partial charge on any atom is -0.451 e. The Bertz CT molecular complexity index is 657. The smallest absolute Gasteiger partial charge is 0.287 e. The molecule has 0 fully saturated rings. The van der Waals surface area contributed by atoms with E-state index >= 15 is 0 Å². The number of hydrogen-bond acceptors (Lipinski definition) is 3. The fourth-order valence-electron chi connectivity index (χ4n) is 2.56. The lowest BCUT2D eigenvalue weighted by Gasteiger charge is -2.27. The minimum atomic E-state index is -0.212. The third kappa shape index (κ3) is 4.36. The average Bonchev–Trinajstić information content (AvgIpc) is 2.96. The lowest BCUT2D eigenvalue weighted by molar-refractivity contribution is 0.0908. The normalized spacial score (nSPS) is 12.7. The number of benzene rings is 1. The van der Waals surface area contributed by atoms with Gasteiger partial charge in [0.25, 0.3) is 5.91 Å². The van der Waals surface area contributed by atoms with Crippen molar-refractivity contribution < 1.29 is 9.21 Å². The van der Waals surface area contributed by atoms with Crippen LogP contribution in [-0.2, 0) is 0 Å². The Kier molecular flexibility index (Phi) is 5.85. The summed E-state index contributed by atoms with van der Waals surface area (Å²) in [5.74, 6) is 1.12. The predicted molar refractivity (Wildman–Crippen MR) is 93.8 cm³/mol. The molecule has 1 atom stereocenters. The van der Waals surface area contributed by atoms with Crippen molar-refractivity contribution in [3.8, 4) is 11.3 Å². The van der Waals surface area contributed by atoms with Crippen molar-refractivity contribution in [2.75, 3.05) is 20.6 Å². The first-order chi connectivity index (χ1) is 10.9. The molecule has 0 saturated heterocycles. The minimum absolute atomic E-state index is 0.212. The van der Waals surface area contributed by atoms with Gasteiger partial charge in [-0.2, -0.15) is 0 Å². The molecule has 0 aliphatic heterocycles. The van der Waals surface area contributed by atoms with Crippen LogP contribution >= 0.6 is 11.6 Å². The van der Waals surface area contributed by atoms with Gasteiger partial charge in [-0.3, -0.25) is 4.79 Å². The molecule has 23 heavy (non-hydrogen) atoms. The summed E-state index contributed by atoms with van der Waals surface area (Å²) in [7, 11) is 4.03. The molecule has 1 aromatic heterocycles. The maximum Gasteiger partial charge on any atom is 0.287 e. The van der Waals surface area contributed by atoms with Crippen LogP contribution in [-0.4, -0.2) is 37.5 Å². The first-order valence-corrected chi connectivity index (χ1v) is 8.07. The Morgan fingerprint density at radius 2 is 1.91 bits per heavy atom. The van der Waals surface area contributed by atoms with Crippen molar-refractivity contribution in [1.29, 1.82) is 0 Å². The summed E-state index contributed by atoms with van der Waals surface area (Å²) in [4.78, 5) is 14.4. The first-order valence-electron chi connectivity index (χ1n) is 7.69. The van der Waals surface area contributed by atoms with Gasteiger partial charge in [-0.05, 0) is 44.3 Å². The fourth-order valence-corrected chi connectivity index (χ4v) is 2.79. The lowest BCUT2D eigenvalue weighted by atomic mass is 10.0. The van der Waals surface area contributed by atoms with Gasteiger partial charge < -0.3 is 14.6 Å². The van der Waals surface area contributed by atoms with Gasteiger partial charge >= 0.3 is 0 Å². The van der Waals surface area contributed by atoms with E-state index in [1.807, 2.05) is 32.3 Å². The Morgan fingerprint density at radius 3 is 2.52 bits per heavy atom. The number of likely N-dealkylation sites (N-methyl/N-ethyl adjacent to an activating group) is 1. The summed E-state index contributed by atoms with van der Waals surface area (Å²) in [5.41, 5.74) is 0.779. The zero-order valence-corrected chi connectivity index (χ0v) is 14.7. The van der Waals surface area contributed by atoms with Gasteiger partial charge in [0.05, 0.1) is 5.02 Å². The van der Waals surface area contributed by atoms with E-state index in [1.165, 1.54) is 0 Å². The van der Waals surface area contributed by atoms with Gasteiger partial charge in [0.15, 0.2) is 5.76 Å². The third-order valence-corrected chi connectivity index (χ3v) is 4.20. The number of nitrogens with zero attached hydrogens (tertiary/aromatic N) is 1. The summed E-state index contributed by atoms with van der Waals surface area (Å²) in [6, 6.07) is 11.1. The largest absolute Gasteiger partial charge is 0.451 e. The topological polar surface area (TPSA) is 45.5 Å². The molecule has 0 aliphatic carbocycles. The quantitative estimate of drug-likeness (QED) is 0.871. The monoisotopic (exact) mass is 334 g/mol. The molecule has 0 saturated carbocycles. The molecule has 1 heterocycles. The fraction of sp³-hybridized carbons (Fsp3) is 0.389. The van der Waals surface area contributed by atoms with Crippen LogP contribution in [0.3, 0.4) is 0 Å². The lowest BCUT2D eigenvalue weighted by Crippen LogP contribution is -2.43. The summed E-state index contributed by atoms with van der Waals surface area (Å²) < 4.78 is 5.66.